The van der Waals surface area contributed by atoms with Crippen LogP contribution in [0.4, 0.5) is 0 Å². The van der Waals surface area contributed by atoms with E-state index in [2.05, 4.69) is 10.3 Å². The average molecular weight is 360 g/mol. The first-order valence-corrected chi connectivity index (χ1v) is 8.23. The zero-order valence-electron chi connectivity index (χ0n) is 14.3. The van der Waals surface area contributed by atoms with Crippen LogP contribution in [0.5, 0.6) is 0 Å². The van der Waals surface area contributed by atoms with Gasteiger partial charge in [-0.15, -0.1) is 0 Å². The van der Waals surface area contributed by atoms with E-state index in [0.717, 1.165) is 17.5 Å². The summed E-state index contributed by atoms with van der Waals surface area (Å²) in [6.45, 7) is 0.936. The van der Waals surface area contributed by atoms with Crippen LogP contribution in [0.3, 0.4) is 0 Å². The minimum Gasteiger partial charge on any atom is -0.483 e. The van der Waals surface area contributed by atoms with Crippen LogP contribution < -0.4 is 5.32 Å². The van der Waals surface area contributed by atoms with E-state index < -0.39 is 0 Å². The van der Waals surface area contributed by atoms with Crippen LogP contribution in [-0.4, -0.2) is 69.7 Å². The van der Waals surface area contributed by atoms with E-state index in [1.54, 1.807) is 11.0 Å². The van der Waals surface area contributed by atoms with E-state index in [-0.39, 0.29) is 37.0 Å². The molecule has 0 unspecified atom stereocenters. The monoisotopic (exact) mass is 360 g/mol. The maximum absolute atomic E-state index is 12.7. The van der Waals surface area contributed by atoms with Crippen molar-refractivity contribution < 1.29 is 24.2 Å². The molecule has 2 aromatic rings. The standard InChI is InChI=1S/C16H18N4O3.CH2O2/c1-19-6-4-10-2-3-11(18-15(10)19)16(22)20-7-5-13-12(8-20)17-14(21)9-23-13;2-1-3/h2-4,6,12-13H,5,7-9H2,1H3,(H,17,21);1H,(H,2,3)/t12-,13+;/m0./s1. The van der Waals surface area contributed by atoms with Gasteiger partial charge in [0.05, 0.1) is 12.1 Å². The first-order valence-electron chi connectivity index (χ1n) is 8.23. The van der Waals surface area contributed by atoms with Gasteiger partial charge in [-0.05, 0) is 24.6 Å². The molecule has 2 fully saturated rings. The number of carbonyl (C=O) groups is 3. The SMILES string of the molecule is Cn1ccc2ccc(C(=O)N3CC[C@H]4OCC(=O)N[C@H]4C3)nc21.O=CO. The molecule has 138 valence electrons. The Bertz CT molecular complexity index is 834. The molecule has 2 N–H and O–H groups in total. The third kappa shape index (κ3) is 3.52. The second kappa shape index (κ2) is 7.52. The van der Waals surface area contributed by atoms with Gasteiger partial charge in [0.15, 0.2) is 0 Å². The number of amides is 2. The molecule has 9 heteroatoms. The molecule has 0 saturated carbocycles. The molecular formula is C17H20N4O5. The molecule has 0 bridgehead atoms. The van der Waals surface area contributed by atoms with Crippen LogP contribution in [0.1, 0.15) is 16.9 Å². The number of ether oxygens (including phenoxy) is 1. The van der Waals surface area contributed by atoms with Gasteiger partial charge in [0.2, 0.25) is 5.91 Å². The Morgan fingerprint density at radius 1 is 1.42 bits per heavy atom. The first-order chi connectivity index (χ1) is 12.5. The maximum atomic E-state index is 12.7. The number of nitrogens with zero attached hydrogens (tertiary/aromatic N) is 3. The van der Waals surface area contributed by atoms with Crippen LogP contribution >= 0.6 is 0 Å². The molecule has 2 amide bonds. The van der Waals surface area contributed by atoms with Gasteiger partial charge in [0, 0.05) is 31.7 Å². The van der Waals surface area contributed by atoms with Crippen LogP contribution in [0, 0.1) is 0 Å². The molecule has 9 nitrogen and oxygen atoms in total. The quantitative estimate of drug-likeness (QED) is 0.692. The van der Waals surface area contributed by atoms with Crippen molar-refractivity contribution in [3.8, 4) is 0 Å². The predicted octanol–water partition coefficient (Wildman–Crippen LogP) is 0.00360. The highest BCUT2D eigenvalue weighted by atomic mass is 16.5. The van der Waals surface area contributed by atoms with Crippen molar-refractivity contribution in [2.24, 2.45) is 7.05 Å². The summed E-state index contributed by atoms with van der Waals surface area (Å²) >= 11 is 0. The molecular weight excluding hydrogens is 340 g/mol. The molecule has 2 aromatic heterocycles. The number of morpholine rings is 1. The van der Waals surface area contributed by atoms with Crippen molar-refractivity contribution in [1.29, 1.82) is 0 Å². The number of nitrogens with one attached hydrogen (secondary N) is 1. The van der Waals surface area contributed by atoms with E-state index in [9.17, 15) is 9.59 Å². The van der Waals surface area contributed by atoms with E-state index in [1.165, 1.54) is 0 Å². The Kier molecular flexibility index (Phi) is 5.17. The summed E-state index contributed by atoms with van der Waals surface area (Å²) in [5.41, 5.74) is 1.22. The van der Waals surface area contributed by atoms with Crippen LogP contribution in [-0.2, 0) is 21.4 Å². The lowest BCUT2D eigenvalue weighted by Crippen LogP contribution is -2.61. The predicted molar refractivity (Wildman–Crippen MR) is 91.6 cm³/mol. The minimum absolute atomic E-state index is 0.0000584. The van der Waals surface area contributed by atoms with Gasteiger partial charge in [0.25, 0.3) is 12.4 Å². The Labute approximate surface area is 149 Å². The fourth-order valence-corrected chi connectivity index (χ4v) is 3.30. The lowest BCUT2D eigenvalue weighted by Gasteiger charge is -2.40. The summed E-state index contributed by atoms with van der Waals surface area (Å²) < 4.78 is 7.42. The Hall–Kier alpha value is -2.94. The highest BCUT2D eigenvalue weighted by molar-refractivity contribution is 5.94. The van der Waals surface area contributed by atoms with Crippen LogP contribution in [0.15, 0.2) is 24.4 Å². The third-order valence-electron chi connectivity index (χ3n) is 4.55. The summed E-state index contributed by atoms with van der Waals surface area (Å²) in [5.74, 6) is -0.227. The first kappa shape index (κ1) is 17.9. The van der Waals surface area contributed by atoms with E-state index in [0.29, 0.717) is 18.8 Å². The van der Waals surface area contributed by atoms with Gasteiger partial charge in [-0.3, -0.25) is 14.4 Å². The van der Waals surface area contributed by atoms with Crippen molar-refractivity contribution in [2.45, 2.75) is 18.6 Å². The number of aromatic nitrogens is 2. The highest BCUT2D eigenvalue weighted by Crippen LogP contribution is 2.20. The van der Waals surface area contributed by atoms with Crippen molar-refractivity contribution >= 4 is 29.3 Å². The third-order valence-corrected chi connectivity index (χ3v) is 4.55. The van der Waals surface area contributed by atoms with Crippen molar-refractivity contribution in [1.82, 2.24) is 19.8 Å². The van der Waals surface area contributed by atoms with Gasteiger partial charge in [-0.1, -0.05) is 0 Å². The molecule has 4 rings (SSSR count). The highest BCUT2D eigenvalue weighted by Gasteiger charge is 2.36. The smallest absolute Gasteiger partial charge is 0.290 e. The number of fused-ring (bicyclic) bond motifs is 2. The largest absolute Gasteiger partial charge is 0.483 e. The zero-order valence-corrected chi connectivity index (χ0v) is 14.3. The lowest BCUT2D eigenvalue weighted by atomic mass is 10.00. The molecule has 26 heavy (non-hydrogen) atoms. The normalized spacial score (nSPS) is 22.0. The zero-order chi connectivity index (χ0) is 18.7. The second-order valence-corrected chi connectivity index (χ2v) is 6.20. The number of carbonyl (C=O) groups excluding carboxylic acids is 2. The summed E-state index contributed by atoms with van der Waals surface area (Å²) in [6.07, 6.45) is 2.65. The van der Waals surface area contributed by atoms with Gasteiger partial charge in [-0.2, -0.15) is 0 Å². The fourth-order valence-electron chi connectivity index (χ4n) is 3.30. The van der Waals surface area contributed by atoms with E-state index >= 15 is 0 Å². The van der Waals surface area contributed by atoms with Crippen molar-refractivity contribution in [2.75, 3.05) is 19.7 Å². The van der Waals surface area contributed by atoms with E-state index in [4.69, 9.17) is 14.6 Å². The number of likely N-dealkylation sites (tertiary alicyclic amines) is 1. The molecule has 0 aromatic carbocycles. The Morgan fingerprint density at radius 2 is 2.19 bits per heavy atom. The molecule has 4 heterocycles. The van der Waals surface area contributed by atoms with Crippen LogP contribution in [0.25, 0.3) is 11.0 Å². The Morgan fingerprint density at radius 3 is 2.96 bits per heavy atom. The summed E-state index contributed by atoms with van der Waals surface area (Å²) in [7, 11) is 1.91. The van der Waals surface area contributed by atoms with Crippen molar-refractivity contribution in [3.63, 3.8) is 0 Å². The number of carboxylic acid groups (broad SMARTS) is 1. The molecule has 0 spiro atoms. The van der Waals surface area contributed by atoms with Gasteiger partial charge < -0.3 is 24.6 Å². The number of pyridine rings is 1. The Balaban J connectivity index is 0.000000613. The molecule has 2 aliphatic heterocycles. The van der Waals surface area contributed by atoms with Crippen molar-refractivity contribution in [3.05, 3.63) is 30.1 Å². The number of aryl methyl sites for hydroxylation is 1. The van der Waals surface area contributed by atoms with Gasteiger partial charge >= 0.3 is 0 Å². The molecule has 2 atom stereocenters. The molecule has 0 radical (unpaired) electrons. The maximum Gasteiger partial charge on any atom is 0.290 e. The summed E-state index contributed by atoms with van der Waals surface area (Å²) in [5, 5.41) is 10.8. The lowest BCUT2D eigenvalue weighted by molar-refractivity contribution is -0.139. The average Bonchev–Trinajstić information content (AvgIpc) is 3.01. The number of hydrogen-bond acceptors (Lipinski definition) is 5. The number of rotatable bonds is 1. The fraction of sp³-hybridized carbons (Fsp3) is 0.412. The molecule has 0 aliphatic carbocycles. The van der Waals surface area contributed by atoms with Crippen LogP contribution in [0.2, 0.25) is 0 Å². The topological polar surface area (TPSA) is 114 Å². The molecule has 2 aliphatic rings. The summed E-state index contributed by atoms with van der Waals surface area (Å²) in [6, 6.07) is 5.50. The number of hydrogen-bond donors (Lipinski definition) is 2. The summed E-state index contributed by atoms with van der Waals surface area (Å²) in [4.78, 5) is 38.8. The molecule has 2 saturated heterocycles. The van der Waals surface area contributed by atoms with Gasteiger partial charge in [0.1, 0.15) is 17.9 Å². The van der Waals surface area contributed by atoms with Gasteiger partial charge in [-0.25, -0.2) is 4.98 Å². The minimum atomic E-state index is -0.250. The second-order valence-electron chi connectivity index (χ2n) is 6.20. The van der Waals surface area contributed by atoms with E-state index in [1.807, 2.05) is 29.9 Å². The number of piperidine rings is 1.